The summed E-state index contributed by atoms with van der Waals surface area (Å²) in [4.78, 5) is 0. The Bertz CT molecular complexity index is 1380. The van der Waals surface area contributed by atoms with Gasteiger partial charge in [-0.25, -0.2) is 0 Å². The summed E-state index contributed by atoms with van der Waals surface area (Å²) in [6.07, 6.45) is 0. The lowest BCUT2D eigenvalue weighted by Crippen LogP contribution is -2.10. The van der Waals surface area contributed by atoms with E-state index in [-0.39, 0.29) is 5.41 Å². The minimum absolute atomic E-state index is 0.161. The fourth-order valence-electron chi connectivity index (χ4n) is 4.09. The zero-order chi connectivity index (χ0) is 21.4. The lowest BCUT2D eigenvalue weighted by atomic mass is 9.87. The number of benzene rings is 4. The van der Waals surface area contributed by atoms with Crippen LogP contribution in [-0.2, 0) is 5.41 Å². The highest BCUT2D eigenvalue weighted by Crippen LogP contribution is 2.31. The van der Waals surface area contributed by atoms with Crippen LogP contribution in [0.2, 0.25) is 0 Å². The molecule has 0 aliphatic carbocycles. The third-order valence-corrected chi connectivity index (χ3v) is 5.81. The SMILES string of the molecule is CC(C)(C)c1ccc(C#Cc2ccc(-n3c4ccccc4c4ccccc43)cc2)cc1. The van der Waals surface area contributed by atoms with Crippen LogP contribution >= 0.6 is 0 Å². The zero-order valence-electron chi connectivity index (χ0n) is 18.2. The van der Waals surface area contributed by atoms with Crippen LogP contribution in [0.15, 0.2) is 97.1 Å². The number of para-hydroxylation sites is 2. The van der Waals surface area contributed by atoms with Crippen molar-refractivity contribution in [1.29, 1.82) is 0 Å². The van der Waals surface area contributed by atoms with Gasteiger partial charge in [-0.2, -0.15) is 0 Å². The predicted octanol–water partition coefficient (Wildman–Crippen LogP) is 7.48. The van der Waals surface area contributed by atoms with E-state index < -0.39 is 0 Å². The molecule has 0 N–H and O–H groups in total. The van der Waals surface area contributed by atoms with Gasteiger partial charge in [0.1, 0.15) is 0 Å². The van der Waals surface area contributed by atoms with Crippen LogP contribution in [0.25, 0.3) is 27.5 Å². The molecule has 1 heterocycles. The highest BCUT2D eigenvalue weighted by Gasteiger charge is 2.12. The molecule has 1 heteroatoms. The highest BCUT2D eigenvalue weighted by atomic mass is 15.0. The number of nitrogens with zero attached hydrogens (tertiary/aromatic N) is 1. The third-order valence-electron chi connectivity index (χ3n) is 5.81. The number of hydrogen-bond donors (Lipinski definition) is 0. The first-order valence-corrected chi connectivity index (χ1v) is 10.7. The molecule has 0 saturated heterocycles. The van der Waals surface area contributed by atoms with E-state index in [1.54, 1.807) is 0 Å². The minimum atomic E-state index is 0.161. The van der Waals surface area contributed by atoms with E-state index in [1.807, 2.05) is 0 Å². The fourth-order valence-corrected chi connectivity index (χ4v) is 4.09. The van der Waals surface area contributed by atoms with Gasteiger partial charge in [0, 0.05) is 27.6 Å². The second-order valence-corrected chi connectivity index (χ2v) is 8.99. The molecule has 0 fully saturated rings. The summed E-state index contributed by atoms with van der Waals surface area (Å²) in [5.41, 5.74) is 7.15. The number of hydrogen-bond acceptors (Lipinski definition) is 0. The summed E-state index contributed by atoms with van der Waals surface area (Å²) in [6, 6.07) is 34.3. The molecular weight excluding hydrogens is 374 g/mol. The van der Waals surface area contributed by atoms with Crippen molar-refractivity contribution in [3.63, 3.8) is 0 Å². The molecule has 0 amide bonds. The molecule has 0 aliphatic rings. The van der Waals surface area contributed by atoms with Gasteiger partial charge in [0.15, 0.2) is 0 Å². The largest absolute Gasteiger partial charge is 0.309 e. The van der Waals surface area contributed by atoms with Crippen LogP contribution < -0.4 is 0 Å². The Balaban J connectivity index is 1.49. The summed E-state index contributed by atoms with van der Waals surface area (Å²) in [7, 11) is 0. The first kappa shape index (κ1) is 19.2. The summed E-state index contributed by atoms with van der Waals surface area (Å²) in [6.45, 7) is 6.69. The average molecular weight is 400 g/mol. The maximum absolute atomic E-state index is 3.31. The van der Waals surface area contributed by atoms with Gasteiger partial charge in [-0.15, -0.1) is 0 Å². The van der Waals surface area contributed by atoms with Crippen molar-refractivity contribution in [2.24, 2.45) is 0 Å². The molecule has 31 heavy (non-hydrogen) atoms. The highest BCUT2D eigenvalue weighted by molar-refractivity contribution is 6.09. The first-order valence-electron chi connectivity index (χ1n) is 10.7. The van der Waals surface area contributed by atoms with Crippen LogP contribution in [-0.4, -0.2) is 4.57 Å². The summed E-state index contributed by atoms with van der Waals surface area (Å²) in [5.74, 6) is 6.60. The van der Waals surface area contributed by atoms with Crippen molar-refractivity contribution in [3.8, 4) is 17.5 Å². The van der Waals surface area contributed by atoms with Crippen LogP contribution in [0, 0.1) is 11.8 Å². The van der Waals surface area contributed by atoms with Gasteiger partial charge in [-0.05, 0) is 59.5 Å². The van der Waals surface area contributed by atoms with Gasteiger partial charge >= 0.3 is 0 Å². The number of rotatable bonds is 1. The summed E-state index contributed by atoms with van der Waals surface area (Å²) >= 11 is 0. The minimum Gasteiger partial charge on any atom is -0.309 e. The standard InChI is InChI=1S/C30H25N/c1-30(2,3)24-18-14-22(15-19-24)12-13-23-16-20-25(21-17-23)31-28-10-6-4-8-26(28)27-9-5-7-11-29(27)31/h4-11,14-21H,1-3H3. The van der Waals surface area contributed by atoms with Crippen LogP contribution in [0.3, 0.4) is 0 Å². The van der Waals surface area contributed by atoms with E-state index in [1.165, 1.54) is 27.4 Å². The molecule has 0 radical (unpaired) electrons. The van der Waals surface area contributed by atoms with Gasteiger partial charge in [0.25, 0.3) is 0 Å². The van der Waals surface area contributed by atoms with Crippen molar-refractivity contribution in [2.75, 3.05) is 0 Å². The van der Waals surface area contributed by atoms with Gasteiger partial charge in [0.2, 0.25) is 0 Å². The topological polar surface area (TPSA) is 4.93 Å². The van der Waals surface area contributed by atoms with E-state index in [0.717, 1.165) is 16.8 Å². The van der Waals surface area contributed by atoms with E-state index in [0.29, 0.717) is 0 Å². The van der Waals surface area contributed by atoms with Crippen LogP contribution in [0.1, 0.15) is 37.5 Å². The molecule has 150 valence electrons. The summed E-state index contributed by atoms with van der Waals surface area (Å²) < 4.78 is 2.33. The van der Waals surface area contributed by atoms with Crippen molar-refractivity contribution < 1.29 is 0 Å². The molecular formula is C30H25N. The first-order chi connectivity index (χ1) is 15.0. The Kier molecular flexibility index (Phi) is 4.64. The summed E-state index contributed by atoms with van der Waals surface area (Å²) in [5, 5.41) is 2.56. The van der Waals surface area contributed by atoms with Crippen molar-refractivity contribution >= 4 is 21.8 Å². The Morgan fingerprint density at radius 3 is 1.48 bits per heavy atom. The molecule has 0 aliphatic heterocycles. The molecule has 0 saturated carbocycles. The second kappa shape index (κ2) is 7.49. The normalized spacial score (nSPS) is 11.5. The Labute approximate surface area is 184 Å². The lowest BCUT2D eigenvalue weighted by molar-refractivity contribution is 0.590. The van der Waals surface area contributed by atoms with Crippen LogP contribution in [0.5, 0.6) is 0 Å². The Morgan fingerprint density at radius 2 is 1.00 bits per heavy atom. The molecule has 0 spiro atoms. The zero-order valence-corrected chi connectivity index (χ0v) is 18.2. The smallest absolute Gasteiger partial charge is 0.0541 e. The molecule has 0 unspecified atom stereocenters. The third kappa shape index (κ3) is 3.62. The fraction of sp³-hybridized carbons (Fsp3) is 0.133. The average Bonchev–Trinajstić information content (AvgIpc) is 3.12. The number of aromatic nitrogens is 1. The molecule has 0 bridgehead atoms. The second-order valence-electron chi connectivity index (χ2n) is 8.99. The van der Waals surface area contributed by atoms with Crippen molar-refractivity contribution in [3.05, 3.63) is 114 Å². The van der Waals surface area contributed by atoms with Gasteiger partial charge in [0.05, 0.1) is 11.0 Å². The molecule has 1 aromatic heterocycles. The van der Waals surface area contributed by atoms with Gasteiger partial charge in [-0.3, -0.25) is 0 Å². The van der Waals surface area contributed by atoms with Gasteiger partial charge in [-0.1, -0.05) is 81.1 Å². The van der Waals surface area contributed by atoms with E-state index in [2.05, 4.69) is 134 Å². The predicted molar refractivity (Wildman–Crippen MR) is 132 cm³/mol. The molecule has 0 atom stereocenters. The quantitative estimate of drug-likeness (QED) is 0.257. The van der Waals surface area contributed by atoms with E-state index >= 15 is 0 Å². The monoisotopic (exact) mass is 399 g/mol. The van der Waals surface area contributed by atoms with Crippen LogP contribution in [0.4, 0.5) is 0 Å². The van der Waals surface area contributed by atoms with Gasteiger partial charge < -0.3 is 4.57 Å². The Hall–Kier alpha value is -3.76. The van der Waals surface area contributed by atoms with Crippen molar-refractivity contribution in [1.82, 2.24) is 4.57 Å². The molecule has 5 rings (SSSR count). The molecule has 5 aromatic rings. The Morgan fingerprint density at radius 1 is 0.548 bits per heavy atom. The van der Waals surface area contributed by atoms with Crippen molar-refractivity contribution in [2.45, 2.75) is 26.2 Å². The van der Waals surface area contributed by atoms with E-state index in [4.69, 9.17) is 0 Å². The maximum Gasteiger partial charge on any atom is 0.0541 e. The molecule has 4 aromatic carbocycles. The lowest BCUT2D eigenvalue weighted by Gasteiger charge is -2.18. The van der Waals surface area contributed by atoms with E-state index in [9.17, 15) is 0 Å². The maximum atomic E-state index is 3.31. The molecule has 1 nitrogen and oxygen atoms in total. The number of fused-ring (bicyclic) bond motifs is 3.